The number of alkyl halides is 1. The zero-order valence-electron chi connectivity index (χ0n) is 9.83. The number of aryl methyl sites for hydroxylation is 2. The maximum absolute atomic E-state index is 4.36. The molecule has 0 spiro atoms. The standard InChI is InChI=1S/C11H20BrN3/c1-4-6-15(7-5-12)9-11-8-10(2)13-14(11)3/h8H,4-7,9H2,1-3H3. The fourth-order valence-electron chi connectivity index (χ4n) is 1.75. The van der Waals surface area contributed by atoms with Crippen molar-refractivity contribution in [3.63, 3.8) is 0 Å². The van der Waals surface area contributed by atoms with Crippen LogP contribution in [-0.2, 0) is 13.6 Å². The second-order valence-electron chi connectivity index (χ2n) is 3.87. The van der Waals surface area contributed by atoms with Crippen molar-refractivity contribution < 1.29 is 0 Å². The molecule has 1 aromatic rings. The Labute approximate surface area is 101 Å². The molecule has 1 heterocycles. The van der Waals surface area contributed by atoms with E-state index in [2.05, 4.69) is 38.9 Å². The predicted octanol–water partition coefficient (Wildman–Crippen LogP) is 2.34. The van der Waals surface area contributed by atoms with E-state index in [1.165, 1.54) is 12.1 Å². The van der Waals surface area contributed by atoms with Crippen LogP contribution in [0.2, 0.25) is 0 Å². The van der Waals surface area contributed by atoms with Crippen LogP contribution in [0.1, 0.15) is 24.7 Å². The number of halogens is 1. The minimum atomic E-state index is 0.997. The van der Waals surface area contributed by atoms with Gasteiger partial charge in [-0.1, -0.05) is 22.9 Å². The maximum atomic E-state index is 4.36. The molecule has 1 aromatic heterocycles. The van der Waals surface area contributed by atoms with Crippen molar-refractivity contribution in [2.75, 3.05) is 18.4 Å². The molecular formula is C11H20BrN3. The lowest BCUT2D eigenvalue weighted by molar-refractivity contribution is 0.276. The zero-order valence-corrected chi connectivity index (χ0v) is 11.4. The first-order valence-corrected chi connectivity index (χ1v) is 6.57. The van der Waals surface area contributed by atoms with Crippen LogP contribution < -0.4 is 0 Å². The lowest BCUT2D eigenvalue weighted by Gasteiger charge is -2.20. The van der Waals surface area contributed by atoms with Gasteiger partial charge < -0.3 is 0 Å². The molecule has 0 aromatic carbocycles. The zero-order chi connectivity index (χ0) is 11.3. The van der Waals surface area contributed by atoms with E-state index in [1.807, 2.05) is 18.7 Å². The summed E-state index contributed by atoms with van der Waals surface area (Å²) in [4.78, 5) is 2.45. The molecule has 15 heavy (non-hydrogen) atoms. The van der Waals surface area contributed by atoms with E-state index in [-0.39, 0.29) is 0 Å². The third-order valence-corrected chi connectivity index (χ3v) is 2.78. The molecular weight excluding hydrogens is 254 g/mol. The van der Waals surface area contributed by atoms with Gasteiger partial charge in [0.05, 0.1) is 11.4 Å². The summed E-state index contributed by atoms with van der Waals surface area (Å²) in [5.74, 6) is 0. The van der Waals surface area contributed by atoms with Crippen molar-refractivity contribution in [3.8, 4) is 0 Å². The van der Waals surface area contributed by atoms with Crippen LogP contribution in [0.25, 0.3) is 0 Å². The quantitative estimate of drug-likeness (QED) is 0.742. The molecule has 0 fully saturated rings. The molecule has 0 bridgehead atoms. The molecule has 0 aliphatic carbocycles. The van der Waals surface area contributed by atoms with Crippen molar-refractivity contribution in [1.82, 2.24) is 14.7 Å². The van der Waals surface area contributed by atoms with Gasteiger partial charge in [-0.25, -0.2) is 0 Å². The first kappa shape index (κ1) is 12.7. The number of nitrogens with zero attached hydrogens (tertiary/aromatic N) is 3. The van der Waals surface area contributed by atoms with Crippen LogP contribution >= 0.6 is 15.9 Å². The Morgan fingerprint density at radius 2 is 2.20 bits per heavy atom. The van der Waals surface area contributed by atoms with Crippen molar-refractivity contribution >= 4 is 15.9 Å². The van der Waals surface area contributed by atoms with Gasteiger partial charge in [0.1, 0.15) is 0 Å². The van der Waals surface area contributed by atoms with Crippen molar-refractivity contribution in [2.24, 2.45) is 7.05 Å². The van der Waals surface area contributed by atoms with Gasteiger partial charge in [0.15, 0.2) is 0 Å². The summed E-state index contributed by atoms with van der Waals surface area (Å²) in [6.45, 7) is 7.50. The smallest absolute Gasteiger partial charge is 0.0597 e. The van der Waals surface area contributed by atoms with Gasteiger partial charge in [0, 0.05) is 25.5 Å². The van der Waals surface area contributed by atoms with E-state index < -0.39 is 0 Å². The number of aromatic nitrogens is 2. The average molecular weight is 274 g/mol. The topological polar surface area (TPSA) is 21.1 Å². The fourth-order valence-corrected chi connectivity index (χ4v) is 2.25. The van der Waals surface area contributed by atoms with E-state index in [1.54, 1.807) is 0 Å². The Morgan fingerprint density at radius 3 is 2.67 bits per heavy atom. The maximum Gasteiger partial charge on any atom is 0.0597 e. The van der Waals surface area contributed by atoms with Gasteiger partial charge in [0.2, 0.25) is 0 Å². The molecule has 0 saturated heterocycles. The van der Waals surface area contributed by atoms with E-state index in [0.717, 1.165) is 30.7 Å². The van der Waals surface area contributed by atoms with Crippen molar-refractivity contribution in [1.29, 1.82) is 0 Å². The molecule has 0 unspecified atom stereocenters. The first-order valence-electron chi connectivity index (χ1n) is 5.45. The Balaban J connectivity index is 2.60. The highest BCUT2D eigenvalue weighted by Crippen LogP contribution is 2.07. The lowest BCUT2D eigenvalue weighted by Crippen LogP contribution is -2.27. The Morgan fingerprint density at radius 1 is 1.47 bits per heavy atom. The summed E-state index contributed by atoms with van der Waals surface area (Å²) in [6.07, 6.45) is 1.20. The minimum absolute atomic E-state index is 0.997. The average Bonchev–Trinajstić information content (AvgIpc) is 2.46. The first-order chi connectivity index (χ1) is 7.17. The minimum Gasteiger partial charge on any atom is -0.297 e. The molecule has 86 valence electrons. The summed E-state index contributed by atoms with van der Waals surface area (Å²) >= 11 is 3.49. The van der Waals surface area contributed by atoms with Crippen LogP contribution in [0.4, 0.5) is 0 Å². The van der Waals surface area contributed by atoms with Gasteiger partial charge in [-0.3, -0.25) is 9.58 Å². The van der Waals surface area contributed by atoms with Crippen LogP contribution in [0.15, 0.2) is 6.07 Å². The second-order valence-corrected chi connectivity index (χ2v) is 4.66. The normalized spacial score (nSPS) is 11.3. The van der Waals surface area contributed by atoms with Crippen LogP contribution in [0, 0.1) is 6.92 Å². The van der Waals surface area contributed by atoms with Gasteiger partial charge in [-0.15, -0.1) is 0 Å². The third kappa shape index (κ3) is 3.95. The van der Waals surface area contributed by atoms with Crippen LogP contribution in [-0.4, -0.2) is 33.1 Å². The third-order valence-electron chi connectivity index (χ3n) is 2.43. The highest BCUT2D eigenvalue weighted by molar-refractivity contribution is 9.09. The van der Waals surface area contributed by atoms with Crippen molar-refractivity contribution in [3.05, 3.63) is 17.5 Å². The Bertz CT molecular complexity index is 290. The van der Waals surface area contributed by atoms with Gasteiger partial charge in [-0.2, -0.15) is 5.10 Å². The van der Waals surface area contributed by atoms with Gasteiger partial charge >= 0.3 is 0 Å². The summed E-state index contributed by atoms with van der Waals surface area (Å²) in [5, 5.41) is 5.39. The molecule has 0 amide bonds. The second kappa shape index (κ2) is 6.28. The molecule has 0 atom stereocenters. The molecule has 4 heteroatoms. The molecule has 0 saturated carbocycles. The highest BCUT2D eigenvalue weighted by Gasteiger charge is 2.08. The summed E-state index contributed by atoms with van der Waals surface area (Å²) in [5.41, 5.74) is 2.39. The van der Waals surface area contributed by atoms with Gasteiger partial charge in [0.25, 0.3) is 0 Å². The molecule has 1 rings (SSSR count). The summed E-state index contributed by atoms with van der Waals surface area (Å²) in [7, 11) is 2.01. The van der Waals surface area contributed by atoms with Crippen molar-refractivity contribution in [2.45, 2.75) is 26.8 Å². The number of hydrogen-bond donors (Lipinski definition) is 0. The van der Waals surface area contributed by atoms with Crippen LogP contribution in [0.3, 0.4) is 0 Å². The lowest BCUT2D eigenvalue weighted by atomic mass is 10.3. The monoisotopic (exact) mass is 273 g/mol. The predicted molar refractivity (Wildman–Crippen MR) is 67.3 cm³/mol. The van der Waals surface area contributed by atoms with E-state index in [0.29, 0.717) is 0 Å². The Kier molecular flexibility index (Phi) is 5.32. The molecule has 0 N–H and O–H groups in total. The number of hydrogen-bond acceptors (Lipinski definition) is 2. The van der Waals surface area contributed by atoms with E-state index in [9.17, 15) is 0 Å². The molecule has 0 aliphatic rings. The molecule has 0 radical (unpaired) electrons. The molecule has 3 nitrogen and oxygen atoms in total. The van der Waals surface area contributed by atoms with Gasteiger partial charge in [-0.05, 0) is 26.0 Å². The largest absolute Gasteiger partial charge is 0.297 e. The summed E-state index contributed by atoms with van der Waals surface area (Å²) < 4.78 is 1.98. The molecule has 0 aliphatic heterocycles. The summed E-state index contributed by atoms with van der Waals surface area (Å²) in [6, 6.07) is 2.16. The highest BCUT2D eigenvalue weighted by atomic mass is 79.9. The fraction of sp³-hybridized carbons (Fsp3) is 0.727. The Hall–Kier alpha value is -0.350. The van der Waals surface area contributed by atoms with Crippen LogP contribution in [0.5, 0.6) is 0 Å². The number of rotatable bonds is 6. The van der Waals surface area contributed by atoms with E-state index >= 15 is 0 Å². The van der Waals surface area contributed by atoms with E-state index in [4.69, 9.17) is 0 Å². The SMILES string of the molecule is CCCN(CCBr)Cc1cc(C)nn1C.